The lowest BCUT2D eigenvalue weighted by molar-refractivity contribution is 0.661. The molecule has 15 rings (SSSR count). The molecule has 0 N–H and O–H groups in total. The van der Waals surface area contributed by atoms with Gasteiger partial charge in [0.05, 0.1) is 0 Å². The Labute approximate surface area is 459 Å². The molecule has 1 aliphatic rings. The highest BCUT2D eigenvalue weighted by atomic mass is 16.3. The molecule has 0 saturated carbocycles. The van der Waals surface area contributed by atoms with E-state index >= 15 is 0 Å². The molecule has 0 fully saturated rings. The van der Waals surface area contributed by atoms with Crippen molar-refractivity contribution in [2.24, 2.45) is 0 Å². The Morgan fingerprint density at radius 2 is 0.519 bits per heavy atom. The number of hydrogen-bond donors (Lipinski definition) is 0. The summed E-state index contributed by atoms with van der Waals surface area (Å²) in [7, 11) is 0. The fraction of sp³-hybridized carbons (Fsp3) is 0.0400. The average molecular weight is 1010 g/mol. The third kappa shape index (κ3) is 7.99. The minimum atomic E-state index is -0.195. The molecule has 0 aliphatic heterocycles. The van der Waals surface area contributed by atoms with Gasteiger partial charge in [-0.25, -0.2) is 0 Å². The largest absolute Gasteiger partial charge is 0.456 e. The first-order valence-electron chi connectivity index (χ1n) is 27.1. The lowest BCUT2D eigenvalue weighted by Crippen LogP contribution is -2.15. The van der Waals surface area contributed by atoms with E-state index in [1.54, 1.807) is 0 Å². The Morgan fingerprint density at radius 3 is 0.886 bits per heavy atom. The Bertz CT molecular complexity index is 4300. The number of hydrogen-bond acceptors (Lipinski definition) is 4. The Kier molecular flexibility index (Phi) is 10.8. The summed E-state index contributed by atoms with van der Waals surface area (Å²) in [6, 6.07) is 101. The van der Waals surface area contributed by atoms with Crippen LogP contribution in [0.5, 0.6) is 0 Å². The third-order valence-electron chi connectivity index (χ3n) is 16.3. The highest BCUT2D eigenvalue weighted by molar-refractivity contribution is 6.07. The third-order valence-corrected chi connectivity index (χ3v) is 16.3. The zero-order chi connectivity index (χ0) is 52.6. The number of fused-ring (bicyclic) bond motifs is 9. The van der Waals surface area contributed by atoms with Gasteiger partial charge in [0.25, 0.3) is 0 Å². The van der Waals surface area contributed by atoms with Gasteiger partial charge in [0, 0.05) is 61.1 Å². The number of furan rings is 2. The van der Waals surface area contributed by atoms with Gasteiger partial charge in [0.15, 0.2) is 0 Å². The monoisotopic (exact) mass is 1010 g/mol. The molecule has 4 heteroatoms. The average Bonchev–Trinajstić information content (AvgIpc) is 4.37. The summed E-state index contributed by atoms with van der Waals surface area (Å²) in [6.45, 7) is 4.75. The van der Waals surface area contributed by atoms with Crippen molar-refractivity contribution in [1.29, 1.82) is 0 Å². The van der Waals surface area contributed by atoms with E-state index in [2.05, 4.69) is 278 Å². The molecule has 0 radical (unpaired) electrons. The van der Waals surface area contributed by atoms with Gasteiger partial charge < -0.3 is 18.6 Å². The quantitative estimate of drug-likeness (QED) is 0.137. The smallest absolute Gasteiger partial charge is 0.135 e. The standard InChI is InChI=1S/C75H52N2O2/c1-75(2)69-47-55(51-25-37-61(38-26-51)76(57-13-5-3-6-14-57)59-33-21-49(22-34-59)53-31-43-73-67(45-53)65-17-9-11-19-71(65)78-73)29-41-63(69)64-42-30-56(48-70(64)75)52-27-39-62(40-28-52)77(58-15-7-4-8-16-58)60-35-23-50(24-36-60)54-32-44-74-68(46-54)66-18-10-12-20-72(66)79-74/h3-48H,1-2H3. The highest BCUT2D eigenvalue weighted by Gasteiger charge is 2.36. The normalized spacial score (nSPS) is 12.5. The zero-order valence-electron chi connectivity index (χ0n) is 43.8. The van der Waals surface area contributed by atoms with Crippen LogP contribution >= 0.6 is 0 Å². The second-order valence-electron chi connectivity index (χ2n) is 21.3. The molecule has 4 nitrogen and oxygen atoms in total. The number of rotatable bonds is 10. The van der Waals surface area contributed by atoms with Crippen molar-refractivity contribution < 1.29 is 8.83 Å². The van der Waals surface area contributed by atoms with E-state index in [1.165, 1.54) is 44.5 Å². The number of nitrogens with zero attached hydrogens (tertiary/aromatic N) is 2. The van der Waals surface area contributed by atoms with Crippen LogP contribution in [0, 0.1) is 0 Å². The molecule has 0 amide bonds. The first kappa shape index (κ1) is 46.2. The molecule has 79 heavy (non-hydrogen) atoms. The first-order valence-corrected chi connectivity index (χ1v) is 27.1. The number of anilines is 6. The van der Waals surface area contributed by atoms with Crippen LogP contribution in [0.2, 0.25) is 0 Å². The molecule has 14 aromatic rings. The van der Waals surface area contributed by atoms with Gasteiger partial charge in [-0.1, -0.05) is 172 Å². The molecule has 12 aromatic carbocycles. The van der Waals surface area contributed by atoms with Gasteiger partial charge >= 0.3 is 0 Å². The van der Waals surface area contributed by atoms with Crippen molar-refractivity contribution in [2.45, 2.75) is 19.3 Å². The van der Waals surface area contributed by atoms with E-state index in [-0.39, 0.29) is 5.41 Å². The predicted molar refractivity (Wildman–Crippen MR) is 330 cm³/mol. The molecule has 0 saturated heterocycles. The van der Waals surface area contributed by atoms with Crippen molar-refractivity contribution >= 4 is 78.0 Å². The van der Waals surface area contributed by atoms with E-state index in [9.17, 15) is 0 Å². The van der Waals surface area contributed by atoms with Crippen molar-refractivity contribution in [3.05, 3.63) is 290 Å². The van der Waals surface area contributed by atoms with Gasteiger partial charge in [-0.2, -0.15) is 0 Å². The molecule has 0 unspecified atom stereocenters. The molecule has 1 aliphatic carbocycles. The molecular formula is C75H52N2O2. The van der Waals surface area contributed by atoms with E-state index in [1.807, 2.05) is 24.3 Å². The van der Waals surface area contributed by atoms with Crippen molar-refractivity contribution in [3.63, 3.8) is 0 Å². The summed E-state index contributed by atoms with van der Waals surface area (Å²) in [5, 5.41) is 4.54. The molecule has 0 atom stereocenters. The van der Waals surface area contributed by atoms with Crippen LogP contribution in [-0.2, 0) is 5.41 Å². The topological polar surface area (TPSA) is 32.8 Å². The highest BCUT2D eigenvalue weighted by Crippen LogP contribution is 2.51. The van der Waals surface area contributed by atoms with Crippen LogP contribution in [-0.4, -0.2) is 0 Å². The van der Waals surface area contributed by atoms with Gasteiger partial charge in [0.2, 0.25) is 0 Å². The van der Waals surface area contributed by atoms with Crippen LogP contribution < -0.4 is 9.80 Å². The maximum Gasteiger partial charge on any atom is 0.135 e. The van der Waals surface area contributed by atoms with E-state index in [0.717, 1.165) is 100 Å². The summed E-state index contributed by atoms with van der Waals surface area (Å²) in [6.07, 6.45) is 0. The minimum Gasteiger partial charge on any atom is -0.456 e. The van der Waals surface area contributed by atoms with Gasteiger partial charge in [-0.05, 0) is 188 Å². The lowest BCUT2D eigenvalue weighted by atomic mass is 9.81. The SMILES string of the molecule is CC1(C)c2cc(-c3ccc(N(c4ccccc4)c4ccc(-c5ccc6oc7ccccc7c6c5)cc4)cc3)ccc2-c2ccc(-c3ccc(N(c4ccccc4)c4ccc(-c5ccc6oc7ccccc7c6c5)cc4)cc3)cc21. The summed E-state index contributed by atoms with van der Waals surface area (Å²) in [4.78, 5) is 4.66. The second kappa shape index (κ2) is 18.5. The second-order valence-corrected chi connectivity index (χ2v) is 21.3. The van der Waals surface area contributed by atoms with Gasteiger partial charge in [-0.15, -0.1) is 0 Å². The van der Waals surface area contributed by atoms with Crippen LogP contribution in [0.1, 0.15) is 25.0 Å². The fourth-order valence-corrected chi connectivity index (χ4v) is 12.2. The van der Waals surface area contributed by atoms with Crippen molar-refractivity contribution in [2.75, 3.05) is 9.80 Å². The molecule has 0 bridgehead atoms. The predicted octanol–water partition coefficient (Wildman–Crippen LogP) is 21.4. The molecule has 0 spiro atoms. The Morgan fingerprint density at radius 1 is 0.241 bits per heavy atom. The lowest BCUT2D eigenvalue weighted by Gasteiger charge is -2.26. The van der Waals surface area contributed by atoms with E-state index < -0.39 is 0 Å². The van der Waals surface area contributed by atoms with E-state index in [4.69, 9.17) is 8.83 Å². The molecule has 2 heterocycles. The maximum absolute atomic E-state index is 6.12. The van der Waals surface area contributed by atoms with Crippen LogP contribution in [0.3, 0.4) is 0 Å². The number of para-hydroxylation sites is 4. The molecule has 2 aromatic heterocycles. The summed E-state index contributed by atoms with van der Waals surface area (Å²) in [5.74, 6) is 0. The first-order chi connectivity index (χ1) is 38.9. The summed E-state index contributed by atoms with van der Waals surface area (Å²) in [5.41, 5.74) is 24.8. The van der Waals surface area contributed by atoms with Crippen LogP contribution in [0.15, 0.2) is 288 Å². The Balaban J connectivity index is 0.684. The van der Waals surface area contributed by atoms with Crippen molar-refractivity contribution in [1.82, 2.24) is 0 Å². The zero-order valence-corrected chi connectivity index (χ0v) is 43.8. The van der Waals surface area contributed by atoms with Gasteiger partial charge in [-0.3, -0.25) is 0 Å². The molecule has 374 valence electrons. The Hall–Kier alpha value is -10.2. The van der Waals surface area contributed by atoms with Crippen LogP contribution in [0.25, 0.3) is 99.5 Å². The van der Waals surface area contributed by atoms with Crippen molar-refractivity contribution in [3.8, 4) is 55.6 Å². The molecular weight excluding hydrogens is 961 g/mol. The minimum absolute atomic E-state index is 0.195. The van der Waals surface area contributed by atoms with Crippen LogP contribution in [0.4, 0.5) is 34.1 Å². The summed E-state index contributed by atoms with van der Waals surface area (Å²) >= 11 is 0. The van der Waals surface area contributed by atoms with Gasteiger partial charge in [0.1, 0.15) is 22.3 Å². The number of benzene rings is 12. The summed E-state index contributed by atoms with van der Waals surface area (Å²) < 4.78 is 12.2. The maximum atomic E-state index is 6.12. The van der Waals surface area contributed by atoms with E-state index in [0.29, 0.717) is 0 Å². The fourth-order valence-electron chi connectivity index (χ4n) is 12.2.